The van der Waals surface area contributed by atoms with E-state index in [0.717, 1.165) is 135 Å². The second-order valence-corrected chi connectivity index (χ2v) is 19.2. The lowest BCUT2D eigenvalue weighted by molar-refractivity contribution is -0.150. The van der Waals surface area contributed by atoms with Crippen LogP contribution in [-0.2, 0) is 29.3 Å². The summed E-state index contributed by atoms with van der Waals surface area (Å²) < 4.78 is 36.8. The van der Waals surface area contributed by atoms with Crippen molar-refractivity contribution in [2.24, 2.45) is 10.1 Å². The molecule has 0 aliphatic carbocycles. The molecule has 0 saturated carbocycles. The lowest BCUT2D eigenvalue weighted by Crippen LogP contribution is -2.43. The zero-order valence-corrected chi connectivity index (χ0v) is 41.5. The van der Waals surface area contributed by atoms with Crippen LogP contribution in [0.5, 0.6) is 0 Å². The zero-order valence-electron chi connectivity index (χ0n) is 40.6. The largest absolute Gasteiger partial charge is 0.466 e. The number of ether oxygens (including phenoxy) is 2. The molecule has 3 N–H and O–H groups in total. The van der Waals surface area contributed by atoms with Crippen LogP contribution in [0.1, 0.15) is 245 Å². The van der Waals surface area contributed by atoms with Gasteiger partial charge in [-0.25, -0.2) is 9.86 Å². The summed E-state index contributed by atoms with van der Waals surface area (Å²) in [5, 5.41) is 5.16. The van der Waals surface area contributed by atoms with Crippen LogP contribution in [0.25, 0.3) is 0 Å². The Hall–Kier alpha value is -1.92. The smallest absolute Gasteiger partial charge is 0.306 e. The van der Waals surface area contributed by atoms with Gasteiger partial charge in [-0.05, 0) is 90.3 Å². The van der Waals surface area contributed by atoms with Crippen molar-refractivity contribution < 1.29 is 27.5 Å². The molecule has 0 aromatic carbocycles. The Bertz CT molecular complexity index is 1120. The minimum atomic E-state index is -3.88. The van der Waals surface area contributed by atoms with Crippen molar-refractivity contribution in [2.45, 2.75) is 252 Å². The van der Waals surface area contributed by atoms with E-state index in [1.54, 1.807) is 19.0 Å². The second-order valence-electron chi connectivity index (χ2n) is 17.9. The lowest BCUT2D eigenvalue weighted by atomic mass is 10.0. The van der Waals surface area contributed by atoms with Gasteiger partial charge in [0.05, 0.1) is 6.61 Å². The lowest BCUT2D eigenvalue weighted by Gasteiger charge is -2.22. The molecule has 0 heterocycles. The Morgan fingerprint density at radius 2 is 0.934 bits per heavy atom. The first-order valence-electron chi connectivity index (χ1n) is 25.6. The van der Waals surface area contributed by atoms with E-state index < -0.39 is 10.2 Å². The predicted octanol–water partition coefficient (Wildman–Crippen LogP) is 12.2. The number of carbonyl (C=O) groups is 2. The average molecular weight is 886 g/mol. The summed E-state index contributed by atoms with van der Waals surface area (Å²) >= 11 is 0. The highest BCUT2D eigenvalue weighted by Crippen LogP contribution is 2.19. The number of esters is 2. The summed E-state index contributed by atoms with van der Waals surface area (Å²) in [5.41, 5.74) is 0. The third-order valence-electron chi connectivity index (χ3n) is 11.6. The number of aliphatic imine (C=N–C) groups is 1. The fraction of sp³-hybridized carbons (Fsp3) is 0.939. The van der Waals surface area contributed by atoms with E-state index in [9.17, 15) is 18.0 Å². The van der Waals surface area contributed by atoms with Crippen LogP contribution in [0.2, 0.25) is 0 Å². The highest BCUT2D eigenvalue weighted by Gasteiger charge is 2.15. The van der Waals surface area contributed by atoms with E-state index in [-0.39, 0.29) is 24.0 Å². The molecule has 0 aromatic rings. The fourth-order valence-electron chi connectivity index (χ4n) is 7.76. The standard InChI is InChI=1S/C49H99N5O6S/c1-6-9-12-15-18-27-36-45-59-47(55)39-30-23-19-25-33-42-54(44-35-32-41-51-49(53(4)5)52-61(50,57)58)43-34-26-20-24-31-40-48(56)60-46(37-28-21-16-13-10-7-2)38-29-22-17-14-11-8-3/h46H,6-45H2,1-5H3,(H,51,52)(H2,50,57,58). The second kappa shape index (κ2) is 43.3. The molecule has 0 aliphatic rings. The first kappa shape index (κ1) is 59.1. The highest BCUT2D eigenvalue weighted by atomic mass is 32.2. The van der Waals surface area contributed by atoms with Crippen molar-refractivity contribution in [3.05, 3.63) is 0 Å². The molecular weight excluding hydrogens is 787 g/mol. The van der Waals surface area contributed by atoms with Crippen LogP contribution in [0, 0.1) is 0 Å². The van der Waals surface area contributed by atoms with Crippen molar-refractivity contribution in [1.29, 1.82) is 0 Å². The minimum absolute atomic E-state index is 0.00523. The van der Waals surface area contributed by atoms with Gasteiger partial charge in [-0.15, -0.1) is 0 Å². The summed E-state index contributed by atoms with van der Waals surface area (Å²) in [6.45, 7) is 10.9. The first-order chi connectivity index (χ1) is 29.5. The number of nitrogens with zero attached hydrogens (tertiary/aromatic N) is 3. The van der Waals surface area contributed by atoms with Crippen LogP contribution < -0.4 is 9.86 Å². The Morgan fingerprint density at radius 1 is 0.541 bits per heavy atom. The normalized spacial score (nSPS) is 12.1. The summed E-state index contributed by atoms with van der Waals surface area (Å²) in [4.78, 5) is 33.6. The molecule has 11 nitrogen and oxygen atoms in total. The van der Waals surface area contributed by atoms with Gasteiger partial charge in [0.25, 0.3) is 10.2 Å². The molecule has 0 spiro atoms. The summed E-state index contributed by atoms with van der Waals surface area (Å²) in [5.74, 6) is 0.190. The summed E-state index contributed by atoms with van der Waals surface area (Å²) in [7, 11) is -0.404. The fourth-order valence-corrected chi connectivity index (χ4v) is 8.26. The van der Waals surface area contributed by atoms with E-state index in [1.807, 2.05) is 0 Å². The van der Waals surface area contributed by atoms with Crippen LogP contribution in [0.4, 0.5) is 0 Å². The number of hydrogen-bond donors (Lipinski definition) is 2. The SMILES string of the molecule is CCCCCCCCCOC(=O)CCCCCCCN(CCCCCCCC(=O)OC(CCCCCCCC)CCCCCCCC)CCCCN=C(NS(N)(=O)=O)N(C)C. The maximum absolute atomic E-state index is 12.9. The molecule has 0 aliphatic heterocycles. The topological polar surface area (TPSA) is 144 Å². The third-order valence-corrected chi connectivity index (χ3v) is 12.0. The van der Waals surface area contributed by atoms with Gasteiger partial charge in [0.15, 0.2) is 0 Å². The van der Waals surface area contributed by atoms with E-state index in [2.05, 4.69) is 35.4 Å². The molecule has 0 fully saturated rings. The highest BCUT2D eigenvalue weighted by molar-refractivity contribution is 7.87. The number of hydrogen-bond acceptors (Lipinski definition) is 8. The van der Waals surface area contributed by atoms with Gasteiger partial charge in [-0.3, -0.25) is 14.6 Å². The van der Waals surface area contributed by atoms with Crippen molar-refractivity contribution in [3.63, 3.8) is 0 Å². The molecule has 0 amide bonds. The van der Waals surface area contributed by atoms with Gasteiger partial charge in [-0.2, -0.15) is 8.42 Å². The number of nitrogens with two attached hydrogens (primary N) is 1. The molecule has 0 aromatic heterocycles. The Labute approximate surface area is 377 Å². The number of rotatable bonds is 45. The summed E-state index contributed by atoms with van der Waals surface area (Å²) in [6.07, 6.45) is 39.4. The Kier molecular flexibility index (Phi) is 42.0. The quantitative estimate of drug-likeness (QED) is 0.0266. The number of nitrogens with one attached hydrogen (secondary N) is 1. The van der Waals surface area contributed by atoms with Crippen LogP contribution in [0.3, 0.4) is 0 Å². The molecule has 0 atom stereocenters. The maximum Gasteiger partial charge on any atom is 0.306 e. The van der Waals surface area contributed by atoms with E-state index in [1.165, 1.54) is 96.3 Å². The number of guanidine groups is 1. The minimum Gasteiger partial charge on any atom is -0.466 e. The molecule has 12 heteroatoms. The van der Waals surface area contributed by atoms with Crippen LogP contribution in [0.15, 0.2) is 4.99 Å². The zero-order chi connectivity index (χ0) is 45.1. The average Bonchev–Trinajstić information content (AvgIpc) is 3.22. The molecule has 0 rings (SSSR count). The van der Waals surface area contributed by atoms with Gasteiger partial charge in [-0.1, -0.05) is 162 Å². The molecule has 362 valence electrons. The van der Waals surface area contributed by atoms with Gasteiger partial charge >= 0.3 is 11.9 Å². The third kappa shape index (κ3) is 43.1. The molecule has 0 saturated heterocycles. The van der Waals surface area contributed by atoms with Gasteiger partial charge in [0, 0.05) is 33.5 Å². The number of carbonyl (C=O) groups excluding carboxylic acids is 2. The molecule has 0 bridgehead atoms. The molecule has 61 heavy (non-hydrogen) atoms. The van der Waals surface area contributed by atoms with Gasteiger partial charge in [0.2, 0.25) is 5.96 Å². The van der Waals surface area contributed by atoms with Crippen LogP contribution >= 0.6 is 0 Å². The molecule has 0 unspecified atom stereocenters. The summed E-state index contributed by atoms with van der Waals surface area (Å²) in [6, 6.07) is 0. The number of unbranched alkanes of at least 4 members (excludes halogenated alkanes) is 25. The van der Waals surface area contributed by atoms with Gasteiger partial charge < -0.3 is 19.3 Å². The van der Waals surface area contributed by atoms with Crippen molar-refractivity contribution in [2.75, 3.05) is 46.9 Å². The Balaban J connectivity index is 4.64. The van der Waals surface area contributed by atoms with Crippen molar-refractivity contribution >= 4 is 28.1 Å². The maximum atomic E-state index is 12.9. The molecule has 0 radical (unpaired) electrons. The van der Waals surface area contributed by atoms with E-state index >= 15 is 0 Å². The monoisotopic (exact) mass is 886 g/mol. The first-order valence-corrected chi connectivity index (χ1v) is 27.2. The van der Waals surface area contributed by atoms with Crippen molar-refractivity contribution in [1.82, 2.24) is 14.5 Å². The molecular formula is C49H99N5O6S. The predicted molar refractivity (Wildman–Crippen MR) is 258 cm³/mol. The Morgan fingerprint density at radius 3 is 1.39 bits per heavy atom. The van der Waals surface area contributed by atoms with Gasteiger partial charge in [0.1, 0.15) is 6.10 Å². The van der Waals surface area contributed by atoms with Crippen LogP contribution in [-0.4, -0.2) is 89.1 Å². The van der Waals surface area contributed by atoms with E-state index in [0.29, 0.717) is 26.0 Å². The van der Waals surface area contributed by atoms with Crippen molar-refractivity contribution in [3.8, 4) is 0 Å². The van der Waals surface area contributed by atoms with E-state index in [4.69, 9.17) is 14.6 Å².